The van der Waals surface area contributed by atoms with Crippen molar-refractivity contribution in [1.82, 2.24) is 0 Å². The highest BCUT2D eigenvalue weighted by atomic mass is 127. The summed E-state index contributed by atoms with van der Waals surface area (Å²) in [7, 11) is 0. The topological polar surface area (TPSA) is 0 Å². The second-order valence-electron chi connectivity index (χ2n) is 5.59. The Balaban J connectivity index is 2.16. The summed E-state index contributed by atoms with van der Waals surface area (Å²) in [4.78, 5) is 0. The van der Waals surface area contributed by atoms with E-state index in [0.717, 1.165) is 0 Å². The van der Waals surface area contributed by atoms with E-state index in [1.165, 1.54) is 33.7 Å². The van der Waals surface area contributed by atoms with Gasteiger partial charge >= 0.3 is 0 Å². The van der Waals surface area contributed by atoms with Gasteiger partial charge in [0.05, 0.1) is 0 Å². The van der Waals surface area contributed by atoms with Crippen molar-refractivity contribution in [2.45, 2.75) is 39.5 Å². The molecule has 0 bridgehead atoms. The van der Waals surface area contributed by atoms with E-state index >= 15 is 0 Å². The molecule has 0 aromatic carbocycles. The van der Waals surface area contributed by atoms with Crippen LogP contribution in [-0.2, 0) is 0 Å². The van der Waals surface area contributed by atoms with Crippen LogP contribution in [0, 0.1) is 5.41 Å². The number of hydrogen-bond donors (Lipinski definition) is 0. The smallest absolute Gasteiger partial charge is 0.0152 e. The Morgan fingerprint density at radius 3 is 2.29 bits per heavy atom. The van der Waals surface area contributed by atoms with Crippen molar-refractivity contribution in [2.75, 3.05) is 0 Å². The van der Waals surface area contributed by atoms with Crippen molar-refractivity contribution in [2.24, 2.45) is 5.41 Å². The van der Waals surface area contributed by atoms with Crippen LogP contribution in [0.3, 0.4) is 0 Å². The highest BCUT2D eigenvalue weighted by Crippen LogP contribution is 2.55. The summed E-state index contributed by atoms with van der Waals surface area (Å²) in [6.07, 6.45) is 9.68. The lowest BCUT2D eigenvalue weighted by Crippen LogP contribution is -2.14. The molecule has 0 unspecified atom stereocenters. The summed E-state index contributed by atoms with van der Waals surface area (Å²) in [5.41, 5.74) is 6.65. The lowest BCUT2D eigenvalue weighted by molar-refractivity contribution is 0.568. The van der Waals surface area contributed by atoms with Crippen LogP contribution >= 0.6 is 38.5 Å². The standard InChI is InChI=1S/C15H16BrI/c1-15(2)13-7-9(16)3-5-11(13)12-6-4-10(17)8-14(12)15/h7-8H,3-6H2,1-2H3. The molecule has 0 spiro atoms. The second kappa shape index (κ2) is 4.09. The van der Waals surface area contributed by atoms with Crippen LogP contribution in [-0.4, -0.2) is 0 Å². The maximum Gasteiger partial charge on any atom is 0.0152 e. The van der Waals surface area contributed by atoms with E-state index in [1.807, 2.05) is 0 Å². The van der Waals surface area contributed by atoms with Crippen LogP contribution in [0.1, 0.15) is 39.5 Å². The molecule has 3 rings (SSSR count). The molecule has 90 valence electrons. The Hall–Kier alpha value is 0.170. The molecule has 0 atom stereocenters. The van der Waals surface area contributed by atoms with Gasteiger partial charge in [-0.15, -0.1) is 0 Å². The van der Waals surface area contributed by atoms with Gasteiger partial charge < -0.3 is 0 Å². The molecule has 3 aliphatic rings. The van der Waals surface area contributed by atoms with Crippen molar-refractivity contribution in [1.29, 1.82) is 0 Å². The number of rotatable bonds is 0. The zero-order valence-electron chi connectivity index (χ0n) is 10.2. The highest BCUT2D eigenvalue weighted by Gasteiger charge is 2.39. The fourth-order valence-electron chi connectivity index (χ4n) is 3.28. The second-order valence-corrected chi connectivity index (χ2v) is 8.00. The number of allylic oxidation sites excluding steroid dienone is 8. The quantitative estimate of drug-likeness (QED) is 0.449. The SMILES string of the molecule is CC1(C)C2=C(CCC(Br)=C2)C2=C1C=C(I)CC2. The van der Waals surface area contributed by atoms with Gasteiger partial charge in [-0.2, -0.15) is 0 Å². The van der Waals surface area contributed by atoms with Gasteiger partial charge in [0.25, 0.3) is 0 Å². The van der Waals surface area contributed by atoms with Gasteiger partial charge in [-0.3, -0.25) is 0 Å². The Morgan fingerprint density at radius 1 is 1.00 bits per heavy atom. The summed E-state index contributed by atoms with van der Waals surface area (Å²) in [6.45, 7) is 4.75. The lowest BCUT2D eigenvalue weighted by atomic mass is 9.78. The van der Waals surface area contributed by atoms with Crippen LogP contribution in [0.15, 0.2) is 42.5 Å². The zero-order valence-corrected chi connectivity index (χ0v) is 14.0. The van der Waals surface area contributed by atoms with E-state index in [4.69, 9.17) is 0 Å². The minimum Gasteiger partial charge on any atom is -0.0556 e. The molecule has 0 aromatic rings. The van der Waals surface area contributed by atoms with Gasteiger partial charge in [-0.1, -0.05) is 29.8 Å². The zero-order chi connectivity index (χ0) is 12.2. The predicted molar refractivity (Wildman–Crippen MR) is 85.4 cm³/mol. The van der Waals surface area contributed by atoms with Gasteiger partial charge in [0.1, 0.15) is 0 Å². The normalized spacial score (nSPS) is 26.6. The molecular weight excluding hydrogens is 387 g/mol. The van der Waals surface area contributed by atoms with Crippen LogP contribution in [0.2, 0.25) is 0 Å². The molecule has 0 aromatic heterocycles. The average molecular weight is 403 g/mol. The van der Waals surface area contributed by atoms with Crippen molar-refractivity contribution in [3.05, 3.63) is 42.5 Å². The molecule has 3 aliphatic carbocycles. The maximum atomic E-state index is 3.68. The van der Waals surface area contributed by atoms with Crippen LogP contribution < -0.4 is 0 Å². The molecule has 0 N–H and O–H groups in total. The van der Waals surface area contributed by atoms with Crippen molar-refractivity contribution < 1.29 is 0 Å². The summed E-state index contributed by atoms with van der Waals surface area (Å²) in [5, 5.41) is 0. The Bertz CT molecular complexity index is 469. The van der Waals surface area contributed by atoms with Gasteiger partial charge in [0.15, 0.2) is 0 Å². The molecule has 0 radical (unpaired) electrons. The maximum absolute atomic E-state index is 3.68. The molecule has 0 nitrogen and oxygen atoms in total. The lowest BCUT2D eigenvalue weighted by Gasteiger charge is -2.27. The van der Waals surface area contributed by atoms with E-state index in [1.54, 1.807) is 22.3 Å². The Morgan fingerprint density at radius 2 is 1.59 bits per heavy atom. The first-order valence-electron chi connectivity index (χ1n) is 6.20. The van der Waals surface area contributed by atoms with Gasteiger partial charge in [-0.05, 0) is 90.8 Å². The fourth-order valence-corrected chi connectivity index (χ4v) is 4.29. The minimum absolute atomic E-state index is 0.209. The summed E-state index contributed by atoms with van der Waals surface area (Å²) in [6, 6.07) is 0. The fraction of sp³-hybridized carbons (Fsp3) is 0.467. The van der Waals surface area contributed by atoms with Crippen LogP contribution in [0.25, 0.3) is 0 Å². The van der Waals surface area contributed by atoms with Crippen molar-refractivity contribution in [3.63, 3.8) is 0 Å². The van der Waals surface area contributed by atoms with E-state index in [2.05, 4.69) is 64.5 Å². The average Bonchev–Trinajstić information content (AvgIpc) is 2.49. The molecule has 0 fully saturated rings. The molecule has 0 heterocycles. The first kappa shape index (κ1) is 12.2. The van der Waals surface area contributed by atoms with Gasteiger partial charge in [0, 0.05) is 5.41 Å². The molecule has 2 heteroatoms. The van der Waals surface area contributed by atoms with E-state index < -0.39 is 0 Å². The first-order chi connectivity index (χ1) is 8.00. The highest BCUT2D eigenvalue weighted by molar-refractivity contribution is 14.1. The van der Waals surface area contributed by atoms with E-state index in [0.29, 0.717) is 0 Å². The monoisotopic (exact) mass is 402 g/mol. The van der Waals surface area contributed by atoms with E-state index in [-0.39, 0.29) is 5.41 Å². The third-order valence-corrected chi connectivity index (χ3v) is 5.67. The molecular formula is C15H16BrI. The van der Waals surface area contributed by atoms with Gasteiger partial charge in [-0.25, -0.2) is 0 Å². The van der Waals surface area contributed by atoms with Crippen LogP contribution in [0.4, 0.5) is 0 Å². The molecule has 0 aliphatic heterocycles. The predicted octanol–water partition coefficient (Wildman–Crippen LogP) is 5.80. The summed E-state index contributed by atoms with van der Waals surface area (Å²) in [5.74, 6) is 0. The largest absolute Gasteiger partial charge is 0.0556 e. The molecule has 17 heavy (non-hydrogen) atoms. The summed E-state index contributed by atoms with van der Waals surface area (Å²) >= 11 is 6.17. The number of hydrogen-bond acceptors (Lipinski definition) is 0. The molecule has 0 saturated carbocycles. The Labute approximate surface area is 125 Å². The van der Waals surface area contributed by atoms with Gasteiger partial charge in [0.2, 0.25) is 0 Å². The van der Waals surface area contributed by atoms with Crippen LogP contribution in [0.5, 0.6) is 0 Å². The summed E-state index contributed by atoms with van der Waals surface area (Å²) < 4.78 is 2.88. The Kier molecular flexibility index (Phi) is 2.94. The molecule has 0 saturated heterocycles. The third-order valence-electron chi connectivity index (χ3n) is 4.19. The van der Waals surface area contributed by atoms with E-state index in [9.17, 15) is 0 Å². The minimum atomic E-state index is 0.209. The van der Waals surface area contributed by atoms with Crippen molar-refractivity contribution in [3.8, 4) is 0 Å². The number of fused-ring (bicyclic) bond motifs is 1. The van der Waals surface area contributed by atoms with Crippen molar-refractivity contribution >= 4 is 38.5 Å². The third kappa shape index (κ3) is 1.83. The first-order valence-corrected chi connectivity index (χ1v) is 8.07. The number of halogens is 2. The molecule has 0 amide bonds.